The first-order chi connectivity index (χ1) is 10.3. The van der Waals surface area contributed by atoms with E-state index in [1.165, 1.54) is 0 Å². The van der Waals surface area contributed by atoms with Crippen LogP contribution in [0.1, 0.15) is 18.4 Å². The molecule has 1 fully saturated rings. The molecular weight excluding hydrogens is 266 g/mol. The summed E-state index contributed by atoms with van der Waals surface area (Å²) in [4.78, 5) is 0. The molecule has 0 atom stereocenters. The molecule has 0 amide bonds. The average Bonchev–Trinajstić information content (AvgIpc) is 2.56. The van der Waals surface area contributed by atoms with Crippen LogP contribution in [0.4, 0.5) is 0 Å². The molecule has 1 aromatic rings. The highest BCUT2D eigenvalue weighted by atomic mass is 16.5. The van der Waals surface area contributed by atoms with Crippen LogP contribution in [0.2, 0.25) is 0 Å². The number of aliphatic hydroxyl groups is 1. The van der Waals surface area contributed by atoms with E-state index in [1.54, 1.807) is 7.11 Å². The number of hydrogen-bond acceptors (Lipinski definition) is 4. The van der Waals surface area contributed by atoms with E-state index in [0.717, 1.165) is 50.5 Å². The van der Waals surface area contributed by atoms with Crippen LogP contribution in [-0.2, 0) is 4.74 Å². The molecule has 1 saturated heterocycles. The van der Waals surface area contributed by atoms with Crippen molar-refractivity contribution in [2.24, 2.45) is 5.41 Å². The molecule has 0 aromatic heterocycles. The van der Waals surface area contributed by atoms with E-state index in [-0.39, 0.29) is 12.0 Å². The molecule has 0 aliphatic carbocycles. The van der Waals surface area contributed by atoms with E-state index in [4.69, 9.17) is 9.47 Å². The smallest absolute Gasteiger partial charge is 0.126 e. The number of aliphatic hydroxyl groups excluding tert-OH is 1. The van der Waals surface area contributed by atoms with Crippen molar-refractivity contribution in [3.05, 3.63) is 35.9 Å². The summed E-state index contributed by atoms with van der Waals surface area (Å²) in [6.07, 6.45) is 5.99. The number of hydrogen-bond donors (Lipinski definition) is 2. The van der Waals surface area contributed by atoms with Gasteiger partial charge < -0.3 is 19.9 Å². The van der Waals surface area contributed by atoms with E-state index < -0.39 is 0 Å². The Morgan fingerprint density at radius 2 is 2.10 bits per heavy atom. The summed E-state index contributed by atoms with van der Waals surface area (Å²) in [5.74, 6) is 0.880. The second-order valence-corrected chi connectivity index (χ2v) is 5.55. The quantitative estimate of drug-likeness (QED) is 0.755. The maximum atomic E-state index is 9.61. The summed E-state index contributed by atoms with van der Waals surface area (Å²) < 4.78 is 10.7. The van der Waals surface area contributed by atoms with Crippen molar-refractivity contribution < 1.29 is 14.6 Å². The first-order valence-corrected chi connectivity index (χ1v) is 7.48. The molecule has 2 rings (SSSR count). The molecule has 0 unspecified atom stereocenters. The Bertz CT molecular complexity index is 453. The fourth-order valence-electron chi connectivity index (χ4n) is 2.61. The van der Waals surface area contributed by atoms with Gasteiger partial charge in [-0.05, 0) is 18.9 Å². The Kier molecular flexibility index (Phi) is 6.23. The monoisotopic (exact) mass is 291 g/mol. The van der Waals surface area contributed by atoms with Gasteiger partial charge in [0.2, 0.25) is 0 Å². The highest BCUT2D eigenvalue weighted by Gasteiger charge is 2.31. The van der Waals surface area contributed by atoms with Crippen molar-refractivity contribution >= 4 is 6.08 Å². The zero-order chi connectivity index (χ0) is 15.0. The maximum Gasteiger partial charge on any atom is 0.126 e. The summed E-state index contributed by atoms with van der Waals surface area (Å²) in [5.41, 5.74) is 1.06. The van der Waals surface area contributed by atoms with E-state index in [1.807, 2.05) is 24.3 Å². The van der Waals surface area contributed by atoms with Crippen LogP contribution in [0.3, 0.4) is 0 Å². The minimum atomic E-state index is -0.0173. The minimum absolute atomic E-state index is 0.0173. The van der Waals surface area contributed by atoms with Gasteiger partial charge in [-0.15, -0.1) is 0 Å². The molecule has 4 nitrogen and oxygen atoms in total. The lowest BCUT2D eigenvalue weighted by Gasteiger charge is -2.35. The summed E-state index contributed by atoms with van der Waals surface area (Å²) in [5, 5.41) is 13.0. The SMILES string of the molecule is COc1ccccc1/C=C/CNCC1(CO)CCOCC1. The van der Waals surface area contributed by atoms with Crippen LogP contribution in [-0.4, -0.2) is 45.1 Å². The van der Waals surface area contributed by atoms with Crippen LogP contribution < -0.4 is 10.1 Å². The maximum absolute atomic E-state index is 9.61. The lowest BCUT2D eigenvalue weighted by atomic mass is 9.81. The summed E-state index contributed by atoms with van der Waals surface area (Å²) in [6.45, 7) is 3.32. The van der Waals surface area contributed by atoms with E-state index in [2.05, 4.69) is 17.5 Å². The highest BCUT2D eigenvalue weighted by Crippen LogP contribution is 2.28. The third-order valence-corrected chi connectivity index (χ3v) is 4.09. The molecule has 116 valence electrons. The second-order valence-electron chi connectivity index (χ2n) is 5.55. The average molecular weight is 291 g/mol. The van der Waals surface area contributed by atoms with E-state index >= 15 is 0 Å². The van der Waals surface area contributed by atoms with Crippen LogP contribution in [0.25, 0.3) is 6.08 Å². The van der Waals surface area contributed by atoms with Crippen LogP contribution in [0.15, 0.2) is 30.3 Å². The molecule has 0 spiro atoms. The van der Waals surface area contributed by atoms with Crippen molar-refractivity contribution in [2.45, 2.75) is 12.8 Å². The predicted molar refractivity (Wildman–Crippen MR) is 84.5 cm³/mol. The molecule has 0 saturated carbocycles. The van der Waals surface area contributed by atoms with Gasteiger partial charge >= 0.3 is 0 Å². The number of methoxy groups -OCH3 is 1. The van der Waals surface area contributed by atoms with E-state index in [0.29, 0.717) is 0 Å². The lowest BCUT2D eigenvalue weighted by molar-refractivity contribution is -0.0148. The molecule has 1 aliphatic rings. The van der Waals surface area contributed by atoms with Gasteiger partial charge in [-0.2, -0.15) is 0 Å². The third kappa shape index (κ3) is 4.56. The molecule has 1 aliphatic heterocycles. The van der Waals surface area contributed by atoms with Crippen LogP contribution in [0, 0.1) is 5.41 Å². The molecule has 0 radical (unpaired) electrons. The number of para-hydroxylation sites is 1. The number of benzene rings is 1. The number of nitrogens with one attached hydrogen (secondary N) is 1. The minimum Gasteiger partial charge on any atom is -0.496 e. The highest BCUT2D eigenvalue weighted by molar-refractivity contribution is 5.57. The van der Waals surface area contributed by atoms with Gasteiger partial charge in [0.15, 0.2) is 0 Å². The van der Waals surface area contributed by atoms with Crippen LogP contribution in [0.5, 0.6) is 5.75 Å². The molecule has 2 N–H and O–H groups in total. The van der Waals surface area contributed by atoms with E-state index in [9.17, 15) is 5.11 Å². The first-order valence-electron chi connectivity index (χ1n) is 7.48. The normalized spacial score (nSPS) is 18.0. The van der Waals surface area contributed by atoms with Gasteiger partial charge in [-0.25, -0.2) is 0 Å². The van der Waals surface area contributed by atoms with Gasteiger partial charge in [0.05, 0.1) is 13.7 Å². The standard InChI is InChI=1S/C17H25NO3/c1-20-16-7-3-2-5-15(16)6-4-10-18-13-17(14-19)8-11-21-12-9-17/h2-7,18-19H,8-14H2,1H3/b6-4+. The zero-order valence-corrected chi connectivity index (χ0v) is 12.7. The molecule has 1 heterocycles. The number of rotatable bonds is 7. The number of ether oxygens (including phenoxy) is 2. The van der Waals surface area contributed by atoms with Gasteiger partial charge in [-0.1, -0.05) is 30.4 Å². The van der Waals surface area contributed by atoms with Crippen LogP contribution >= 0.6 is 0 Å². The van der Waals surface area contributed by atoms with Gasteiger partial charge in [0.25, 0.3) is 0 Å². The zero-order valence-electron chi connectivity index (χ0n) is 12.7. The Morgan fingerprint density at radius 3 is 2.81 bits per heavy atom. The fraction of sp³-hybridized carbons (Fsp3) is 0.529. The summed E-state index contributed by atoms with van der Waals surface area (Å²) in [6, 6.07) is 7.95. The molecular formula is C17H25NO3. The van der Waals surface area contributed by atoms with Crippen molar-refractivity contribution in [3.63, 3.8) is 0 Å². The van der Waals surface area contributed by atoms with Crippen molar-refractivity contribution in [3.8, 4) is 5.75 Å². The second kappa shape index (κ2) is 8.17. The Labute approximate surface area is 126 Å². The summed E-state index contributed by atoms with van der Waals surface area (Å²) in [7, 11) is 1.68. The molecule has 21 heavy (non-hydrogen) atoms. The molecule has 1 aromatic carbocycles. The van der Waals surface area contributed by atoms with Crippen molar-refractivity contribution in [1.82, 2.24) is 5.32 Å². The first kappa shape index (κ1) is 16.0. The third-order valence-electron chi connectivity index (χ3n) is 4.09. The molecule has 0 bridgehead atoms. The lowest BCUT2D eigenvalue weighted by Crippen LogP contribution is -2.41. The van der Waals surface area contributed by atoms with Gasteiger partial charge in [0, 0.05) is 37.3 Å². The van der Waals surface area contributed by atoms with Crippen molar-refractivity contribution in [1.29, 1.82) is 0 Å². The van der Waals surface area contributed by atoms with Gasteiger partial charge in [-0.3, -0.25) is 0 Å². The largest absolute Gasteiger partial charge is 0.496 e. The van der Waals surface area contributed by atoms with Crippen molar-refractivity contribution in [2.75, 3.05) is 40.0 Å². The Balaban J connectivity index is 1.79. The molecule has 4 heteroatoms. The fourth-order valence-corrected chi connectivity index (χ4v) is 2.61. The summed E-state index contributed by atoms with van der Waals surface area (Å²) >= 11 is 0. The van der Waals surface area contributed by atoms with Gasteiger partial charge in [0.1, 0.15) is 5.75 Å². The Morgan fingerprint density at radius 1 is 1.33 bits per heavy atom. The Hall–Kier alpha value is -1.36. The predicted octanol–water partition coefficient (Wildman–Crippen LogP) is 2.09. The topological polar surface area (TPSA) is 50.7 Å².